The van der Waals surface area contributed by atoms with E-state index >= 15 is 0 Å². The number of rotatable bonds is 1. The van der Waals surface area contributed by atoms with Crippen molar-refractivity contribution in [2.75, 3.05) is 0 Å². The molecule has 0 bridgehead atoms. The minimum atomic E-state index is -0.152. The van der Waals surface area contributed by atoms with Gasteiger partial charge in [0.25, 0.3) is 5.91 Å². The summed E-state index contributed by atoms with van der Waals surface area (Å²) in [5.74, 6) is 1.27. The van der Waals surface area contributed by atoms with Crippen LogP contribution in [0.25, 0.3) is 22.4 Å². The molecule has 4 rings (SSSR count). The Morgan fingerprint density at radius 2 is 2.00 bits per heavy atom. The second kappa shape index (κ2) is 4.09. The number of imidazole rings is 1. The number of amides is 1. The van der Waals surface area contributed by atoms with Gasteiger partial charge in [0.05, 0.1) is 17.5 Å². The normalized spacial score (nSPS) is 13.7. The molecule has 20 heavy (non-hydrogen) atoms. The van der Waals surface area contributed by atoms with Crippen molar-refractivity contribution in [3.63, 3.8) is 0 Å². The largest absolute Gasteiger partial charge is 0.379 e. The van der Waals surface area contributed by atoms with E-state index in [1.54, 1.807) is 0 Å². The van der Waals surface area contributed by atoms with E-state index in [4.69, 9.17) is 4.84 Å². The third kappa shape index (κ3) is 1.64. The van der Waals surface area contributed by atoms with Crippen molar-refractivity contribution in [1.29, 1.82) is 0 Å². The van der Waals surface area contributed by atoms with E-state index < -0.39 is 0 Å². The molecule has 2 heterocycles. The van der Waals surface area contributed by atoms with Crippen LogP contribution < -0.4 is 10.3 Å². The highest BCUT2D eigenvalue weighted by atomic mass is 16.7. The number of aromatic nitrogens is 2. The minimum Gasteiger partial charge on any atom is -0.379 e. The lowest BCUT2D eigenvalue weighted by atomic mass is 10.0. The molecular formula is C15H11N3O2. The topological polar surface area (TPSA) is 67.0 Å². The molecule has 0 spiro atoms. The van der Waals surface area contributed by atoms with Crippen LogP contribution in [0.5, 0.6) is 5.75 Å². The number of benzene rings is 2. The van der Waals surface area contributed by atoms with Crippen LogP contribution >= 0.6 is 0 Å². The van der Waals surface area contributed by atoms with Crippen LogP contribution in [0.3, 0.4) is 0 Å². The Morgan fingerprint density at radius 3 is 2.90 bits per heavy atom. The summed E-state index contributed by atoms with van der Waals surface area (Å²) in [6, 6.07) is 13.5. The molecule has 0 atom stereocenters. The molecule has 1 aliphatic heterocycles. The van der Waals surface area contributed by atoms with Crippen LogP contribution in [0, 0.1) is 0 Å². The van der Waals surface area contributed by atoms with Gasteiger partial charge in [0.1, 0.15) is 5.82 Å². The van der Waals surface area contributed by atoms with Gasteiger partial charge in [0.15, 0.2) is 5.75 Å². The number of hydroxylamine groups is 1. The molecule has 5 nitrogen and oxygen atoms in total. The number of para-hydroxylation sites is 2. The van der Waals surface area contributed by atoms with E-state index in [1.165, 1.54) is 0 Å². The maximum absolute atomic E-state index is 11.5. The summed E-state index contributed by atoms with van der Waals surface area (Å²) in [5.41, 5.74) is 6.00. The summed E-state index contributed by atoms with van der Waals surface area (Å²) in [4.78, 5) is 24.6. The highest BCUT2D eigenvalue weighted by Crippen LogP contribution is 2.32. The maximum atomic E-state index is 11.5. The van der Waals surface area contributed by atoms with Crippen LogP contribution in [-0.2, 0) is 11.2 Å². The van der Waals surface area contributed by atoms with Gasteiger partial charge < -0.3 is 9.82 Å². The molecule has 5 heteroatoms. The van der Waals surface area contributed by atoms with E-state index in [0.29, 0.717) is 12.2 Å². The number of hydrogen-bond donors (Lipinski definition) is 2. The summed E-state index contributed by atoms with van der Waals surface area (Å²) >= 11 is 0. The Morgan fingerprint density at radius 1 is 1.10 bits per heavy atom. The van der Waals surface area contributed by atoms with Crippen LogP contribution in [0.15, 0.2) is 42.5 Å². The van der Waals surface area contributed by atoms with E-state index in [2.05, 4.69) is 15.4 Å². The summed E-state index contributed by atoms with van der Waals surface area (Å²) in [6.07, 6.45) is 0.294. The number of H-pyrrole nitrogens is 1. The quantitative estimate of drug-likeness (QED) is 0.708. The predicted octanol–water partition coefficient (Wildman–Crippen LogP) is 2.20. The molecule has 0 unspecified atom stereocenters. The van der Waals surface area contributed by atoms with Gasteiger partial charge in [-0.1, -0.05) is 24.3 Å². The molecule has 0 radical (unpaired) electrons. The van der Waals surface area contributed by atoms with Crippen molar-refractivity contribution in [2.24, 2.45) is 0 Å². The summed E-state index contributed by atoms with van der Waals surface area (Å²) < 4.78 is 0. The molecule has 0 saturated carbocycles. The van der Waals surface area contributed by atoms with E-state index in [9.17, 15) is 4.79 Å². The number of aromatic amines is 1. The fourth-order valence-corrected chi connectivity index (χ4v) is 2.45. The highest BCUT2D eigenvalue weighted by Gasteiger charge is 2.21. The molecule has 1 amide bonds. The van der Waals surface area contributed by atoms with Crippen LogP contribution in [0.1, 0.15) is 5.56 Å². The summed E-state index contributed by atoms with van der Waals surface area (Å²) in [6.45, 7) is 0. The molecule has 2 aromatic carbocycles. The molecular weight excluding hydrogens is 254 g/mol. The number of fused-ring (bicyclic) bond motifs is 2. The Labute approximate surface area is 114 Å². The Hall–Kier alpha value is -2.82. The number of nitrogens with one attached hydrogen (secondary N) is 2. The van der Waals surface area contributed by atoms with Crippen molar-refractivity contribution in [1.82, 2.24) is 15.4 Å². The smallest absolute Gasteiger partial charge is 0.257 e. The molecule has 3 aromatic rings. The fourth-order valence-electron chi connectivity index (χ4n) is 2.45. The maximum Gasteiger partial charge on any atom is 0.257 e. The van der Waals surface area contributed by atoms with Crippen LogP contribution in [0.4, 0.5) is 0 Å². The SMILES string of the molecule is O=C1Cc2c(cccc2-c2nc3ccccc3[nH]2)ON1. The third-order valence-electron chi connectivity index (χ3n) is 3.39. The van der Waals surface area contributed by atoms with Crippen molar-refractivity contribution >= 4 is 16.9 Å². The average molecular weight is 265 g/mol. The van der Waals surface area contributed by atoms with Gasteiger partial charge in [-0.15, -0.1) is 0 Å². The summed E-state index contributed by atoms with van der Waals surface area (Å²) in [7, 11) is 0. The van der Waals surface area contributed by atoms with E-state index in [1.807, 2.05) is 42.5 Å². The van der Waals surface area contributed by atoms with Gasteiger partial charge >= 0.3 is 0 Å². The number of carbonyl (C=O) groups excluding carboxylic acids is 1. The fraction of sp³-hybridized carbons (Fsp3) is 0.0667. The summed E-state index contributed by atoms with van der Waals surface area (Å²) in [5, 5.41) is 0. The van der Waals surface area contributed by atoms with Crippen molar-refractivity contribution in [3.8, 4) is 17.1 Å². The van der Waals surface area contributed by atoms with Gasteiger partial charge in [-0.25, -0.2) is 4.98 Å². The standard InChI is InChI=1S/C15H11N3O2/c19-14-8-10-9(4-3-7-13(10)20-18-14)15-16-11-5-1-2-6-12(11)17-15/h1-7H,8H2,(H,16,17)(H,18,19). The first kappa shape index (κ1) is 11.0. The molecule has 0 aliphatic carbocycles. The number of hydrogen-bond acceptors (Lipinski definition) is 3. The zero-order valence-corrected chi connectivity index (χ0v) is 10.5. The lowest BCUT2D eigenvalue weighted by Crippen LogP contribution is -2.33. The molecule has 0 fully saturated rings. The Bertz CT molecular complexity index is 790. The van der Waals surface area contributed by atoms with Gasteiger partial charge in [0, 0.05) is 11.1 Å². The lowest BCUT2D eigenvalue weighted by molar-refractivity contribution is -0.128. The van der Waals surface area contributed by atoms with Crippen molar-refractivity contribution in [3.05, 3.63) is 48.0 Å². The van der Waals surface area contributed by atoms with Gasteiger partial charge in [-0.05, 0) is 18.2 Å². The first-order valence-electron chi connectivity index (χ1n) is 6.34. The van der Waals surface area contributed by atoms with E-state index in [-0.39, 0.29) is 5.91 Å². The highest BCUT2D eigenvalue weighted by molar-refractivity contribution is 5.85. The zero-order chi connectivity index (χ0) is 13.5. The van der Waals surface area contributed by atoms with Gasteiger partial charge in [0.2, 0.25) is 0 Å². The second-order valence-electron chi connectivity index (χ2n) is 4.69. The molecule has 98 valence electrons. The molecule has 1 aromatic heterocycles. The third-order valence-corrected chi connectivity index (χ3v) is 3.39. The Kier molecular flexibility index (Phi) is 2.26. The monoisotopic (exact) mass is 265 g/mol. The molecule has 0 saturated heterocycles. The van der Waals surface area contributed by atoms with Gasteiger partial charge in [-0.2, -0.15) is 5.48 Å². The molecule has 2 N–H and O–H groups in total. The zero-order valence-electron chi connectivity index (χ0n) is 10.5. The second-order valence-corrected chi connectivity index (χ2v) is 4.69. The van der Waals surface area contributed by atoms with Gasteiger partial charge in [-0.3, -0.25) is 4.79 Å². The van der Waals surface area contributed by atoms with Crippen LogP contribution in [-0.4, -0.2) is 15.9 Å². The lowest BCUT2D eigenvalue weighted by Gasteiger charge is -2.18. The number of carbonyl (C=O) groups is 1. The van der Waals surface area contributed by atoms with Crippen molar-refractivity contribution < 1.29 is 9.63 Å². The van der Waals surface area contributed by atoms with E-state index in [0.717, 1.165) is 28.0 Å². The first-order valence-corrected chi connectivity index (χ1v) is 6.34. The average Bonchev–Trinajstić information content (AvgIpc) is 2.90. The molecule has 1 aliphatic rings. The minimum absolute atomic E-state index is 0.152. The van der Waals surface area contributed by atoms with Crippen molar-refractivity contribution in [2.45, 2.75) is 6.42 Å². The Balaban J connectivity index is 1.92. The van der Waals surface area contributed by atoms with Crippen LogP contribution in [0.2, 0.25) is 0 Å². The number of nitrogens with zero attached hydrogens (tertiary/aromatic N) is 1. The first-order chi connectivity index (χ1) is 9.81. The predicted molar refractivity (Wildman–Crippen MR) is 74.0 cm³/mol.